The highest BCUT2D eigenvalue weighted by Gasteiger charge is 2.65. The van der Waals surface area contributed by atoms with Crippen LogP contribution in [0.1, 0.15) is 61.0 Å². The zero-order valence-electron chi connectivity index (χ0n) is 25.3. The molecule has 3 atom stereocenters. The molecule has 3 unspecified atom stereocenters. The van der Waals surface area contributed by atoms with E-state index in [1.54, 1.807) is 24.1 Å². The number of aromatic nitrogens is 2. The molecule has 2 aromatic carbocycles. The second-order valence-electron chi connectivity index (χ2n) is 11.8. The van der Waals surface area contributed by atoms with E-state index in [9.17, 15) is 9.59 Å². The number of carbonyl (C=O) groups excluding carboxylic acids is 2. The lowest BCUT2D eigenvalue weighted by atomic mass is 9.84. The van der Waals surface area contributed by atoms with Gasteiger partial charge in [-0.15, -0.1) is 0 Å². The second kappa shape index (κ2) is 10.5. The summed E-state index contributed by atoms with van der Waals surface area (Å²) in [5.74, 6) is 0.439. The Bertz CT molecular complexity index is 1740. The minimum absolute atomic E-state index is 0.103. The Labute approximate surface area is 261 Å². The number of allylic oxidation sites excluding steroid dienone is 2. The Hall–Kier alpha value is -3.75. The first-order valence-corrected chi connectivity index (χ1v) is 15.2. The lowest BCUT2D eigenvalue weighted by molar-refractivity contribution is -0.124. The molecular weight excluding hydrogens is 585 g/mol. The van der Waals surface area contributed by atoms with Crippen molar-refractivity contribution in [3.63, 3.8) is 0 Å². The van der Waals surface area contributed by atoms with Crippen molar-refractivity contribution < 1.29 is 14.3 Å². The molecule has 224 valence electrons. The van der Waals surface area contributed by atoms with Crippen LogP contribution in [-0.4, -0.2) is 53.5 Å². The summed E-state index contributed by atoms with van der Waals surface area (Å²) in [6.45, 7) is 8.19. The largest absolute Gasteiger partial charge is 0.496 e. The van der Waals surface area contributed by atoms with Gasteiger partial charge in [0, 0.05) is 53.2 Å². The molecule has 0 saturated carbocycles. The molecule has 3 heterocycles. The van der Waals surface area contributed by atoms with Crippen LogP contribution < -0.4 is 15.0 Å². The quantitative estimate of drug-likeness (QED) is 0.329. The summed E-state index contributed by atoms with van der Waals surface area (Å²) in [7, 11) is 5.63. The number of imidazole rings is 1. The monoisotopic (exact) mass is 619 g/mol. The number of aryl methyl sites for hydroxylation is 1. The van der Waals surface area contributed by atoms with Gasteiger partial charge < -0.3 is 24.4 Å². The first-order valence-electron chi connectivity index (χ1n) is 14.5. The number of rotatable bonds is 6. The van der Waals surface area contributed by atoms with Crippen molar-refractivity contribution >= 4 is 46.4 Å². The molecule has 0 radical (unpaired) electrons. The number of amides is 2. The summed E-state index contributed by atoms with van der Waals surface area (Å²) in [6.07, 6.45) is 6.42. The fraction of sp³-hybridized carbons (Fsp3) is 0.364. The summed E-state index contributed by atoms with van der Waals surface area (Å²) < 4.78 is 7.93. The van der Waals surface area contributed by atoms with Gasteiger partial charge in [-0.3, -0.25) is 9.59 Å². The smallest absolute Gasteiger partial charge is 0.276 e. The minimum atomic E-state index is -1.50. The Kier molecular flexibility index (Phi) is 7.13. The lowest BCUT2D eigenvalue weighted by Gasteiger charge is -2.42. The lowest BCUT2D eigenvalue weighted by Crippen LogP contribution is -2.56. The van der Waals surface area contributed by atoms with Crippen LogP contribution in [-0.2, 0) is 16.8 Å². The van der Waals surface area contributed by atoms with Crippen molar-refractivity contribution in [2.75, 3.05) is 31.4 Å². The van der Waals surface area contributed by atoms with Gasteiger partial charge in [0.1, 0.15) is 11.6 Å². The number of carbonyl (C=O) groups is 2. The van der Waals surface area contributed by atoms with Crippen molar-refractivity contribution in [3.05, 3.63) is 81.1 Å². The van der Waals surface area contributed by atoms with Crippen molar-refractivity contribution in [1.29, 1.82) is 0 Å². The van der Waals surface area contributed by atoms with Gasteiger partial charge >= 0.3 is 0 Å². The molecular formula is C33H35Cl2N5O3. The van der Waals surface area contributed by atoms with Crippen LogP contribution in [0, 0.1) is 5.92 Å². The molecule has 1 aromatic heterocycles. The van der Waals surface area contributed by atoms with Crippen molar-refractivity contribution in [1.82, 2.24) is 14.5 Å². The van der Waals surface area contributed by atoms with E-state index in [4.69, 9.17) is 32.9 Å². The van der Waals surface area contributed by atoms with Gasteiger partial charge in [0.2, 0.25) is 0 Å². The first-order chi connectivity index (χ1) is 20.4. The number of methoxy groups -OCH3 is 1. The zero-order valence-corrected chi connectivity index (χ0v) is 26.8. The number of halogens is 2. The van der Waals surface area contributed by atoms with E-state index < -0.39 is 11.6 Å². The number of fused-ring (bicyclic) bond motifs is 4. The molecule has 0 fully saturated rings. The minimum Gasteiger partial charge on any atom is -0.496 e. The van der Waals surface area contributed by atoms with Crippen LogP contribution in [0.2, 0.25) is 5.02 Å². The average Bonchev–Trinajstić information content (AvgIpc) is 3.57. The topological polar surface area (TPSA) is 79.7 Å². The highest BCUT2D eigenvalue weighted by molar-refractivity contribution is 6.31. The van der Waals surface area contributed by atoms with E-state index in [1.165, 1.54) is 0 Å². The molecule has 2 aliphatic heterocycles. The van der Waals surface area contributed by atoms with Crippen LogP contribution in [0.25, 0.3) is 11.4 Å². The fourth-order valence-corrected chi connectivity index (χ4v) is 7.17. The molecule has 3 aromatic rings. The molecule has 0 saturated heterocycles. The van der Waals surface area contributed by atoms with Crippen molar-refractivity contribution in [3.8, 4) is 17.1 Å². The fourth-order valence-electron chi connectivity index (χ4n) is 6.80. The van der Waals surface area contributed by atoms with Crippen LogP contribution in [0.5, 0.6) is 5.75 Å². The van der Waals surface area contributed by atoms with E-state index in [0.717, 1.165) is 23.2 Å². The number of hydrogen-bond donors (Lipinski definition) is 1. The van der Waals surface area contributed by atoms with E-state index in [2.05, 4.69) is 23.2 Å². The number of hydrogen-bond acceptors (Lipinski definition) is 5. The Morgan fingerprint density at radius 3 is 2.56 bits per heavy atom. The van der Waals surface area contributed by atoms with Crippen molar-refractivity contribution in [2.24, 2.45) is 5.92 Å². The van der Waals surface area contributed by atoms with E-state index >= 15 is 0 Å². The van der Waals surface area contributed by atoms with Crippen molar-refractivity contribution in [2.45, 2.75) is 51.7 Å². The maximum absolute atomic E-state index is 14.7. The first kappa shape index (κ1) is 29.3. The number of nitrogens with one attached hydrogen (secondary N) is 1. The third-order valence-corrected chi connectivity index (χ3v) is 9.22. The normalized spacial score (nSPS) is 22.3. The molecule has 6 rings (SSSR count). The summed E-state index contributed by atoms with van der Waals surface area (Å²) in [6, 6.07) is 8.75. The van der Waals surface area contributed by atoms with Gasteiger partial charge in [-0.05, 0) is 62.1 Å². The highest BCUT2D eigenvalue weighted by atomic mass is 35.5. The third kappa shape index (κ3) is 4.14. The molecule has 10 heteroatoms. The summed E-state index contributed by atoms with van der Waals surface area (Å²) in [5, 5.41) is 4.04. The summed E-state index contributed by atoms with van der Waals surface area (Å²) in [5.41, 5.74) is 3.41. The van der Waals surface area contributed by atoms with Gasteiger partial charge in [-0.25, -0.2) is 4.98 Å². The second-order valence-corrected chi connectivity index (χ2v) is 12.7. The maximum Gasteiger partial charge on any atom is 0.276 e. The molecule has 3 aliphatic rings. The predicted octanol–water partition coefficient (Wildman–Crippen LogP) is 6.77. The van der Waals surface area contributed by atoms with E-state index in [-0.39, 0.29) is 29.5 Å². The molecule has 0 bridgehead atoms. The number of benzene rings is 2. The van der Waals surface area contributed by atoms with Crippen LogP contribution in [0.15, 0.2) is 53.6 Å². The van der Waals surface area contributed by atoms with Gasteiger partial charge in [-0.2, -0.15) is 0 Å². The molecule has 1 aliphatic carbocycles. The Balaban J connectivity index is 1.70. The number of ether oxygens (including phenoxy) is 1. The van der Waals surface area contributed by atoms with Gasteiger partial charge in [0.05, 0.1) is 24.4 Å². The molecule has 1 N–H and O–H groups in total. The molecule has 43 heavy (non-hydrogen) atoms. The summed E-state index contributed by atoms with van der Waals surface area (Å²) >= 11 is 12.9. The van der Waals surface area contributed by atoms with Crippen LogP contribution in [0.4, 0.5) is 11.4 Å². The van der Waals surface area contributed by atoms with Gasteiger partial charge in [0.25, 0.3) is 11.8 Å². The molecule has 1 spiro atoms. The summed E-state index contributed by atoms with van der Waals surface area (Å²) in [4.78, 5) is 38.0. The Morgan fingerprint density at radius 2 is 1.91 bits per heavy atom. The van der Waals surface area contributed by atoms with E-state index in [0.29, 0.717) is 38.6 Å². The molecule has 8 nitrogen and oxygen atoms in total. The predicted molar refractivity (Wildman–Crippen MR) is 171 cm³/mol. The SMILES string of the molecule is CCc1cc(-c2nc3c(n2C(C)C)C2(C(=O)Nc4cc(Cl)ccc42)N(C2C=C(Cl)C=CC2C)C3=O)c(OC)cc1N(C)C. The third-order valence-electron chi connectivity index (χ3n) is 8.73. The van der Waals surface area contributed by atoms with Gasteiger partial charge in [-0.1, -0.05) is 49.2 Å². The average molecular weight is 621 g/mol. The standard InChI is InChI=1S/C33H35Cl2N5O3/c1-8-19-13-22(27(43-7)16-26(19)38(5)6)30-37-28-29(39(30)17(2)3)33(23-12-11-20(34)14-24(23)36-32(33)42)40(31(28)41)25-15-21(35)10-9-18(25)4/h9-18,25H,8H2,1-7H3,(H,36,42). The van der Waals surface area contributed by atoms with Crippen LogP contribution in [0.3, 0.4) is 0 Å². The highest BCUT2D eigenvalue weighted by Crippen LogP contribution is 2.55. The maximum atomic E-state index is 14.7. The number of anilines is 2. The van der Waals surface area contributed by atoms with E-state index in [1.807, 2.05) is 69.8 Å². The zero-order chi connectivity index (χ0) is 31.0. The number of nitrogens with zero attached hydrogens (tertiary/aromatic N) is 4. The van der Waals surface area contributed by atoms with Crippen LogP contribution >= 0.6 is 23.2 Å². The van der Waals surface area contributed by atoms with Gasteiger partial charge in [0.15, 0.2) is 11.2 Å². The molecule has 2 amide bonds. The Morgan fingerprint density at radius 1 is 1.16 bits per heavy atom.